The SMILES string of the molecule is S=c1[nH]c2c(Cl)cccc2n1CCC1CCCCC1. The summed E-state index contributed by atoms with van der Waals surface area (Å²) in [5.41, 5.74) is 2.10. The Bertz CT molecular complexity index is 623. The maximum Gasteiger partial charge on any atom is 0.178 e. The number of para-hydroxylation sites is 1. The number of nitrogens with zero attached hydrogens (tertiary/aromatic N) is 1. The van der Waals surface area contributed by atoms with Gasteiger partial charge in [-0.2, -0.15) is 0 Å². The molecule has 1 aromatic heterocycles. The molecule has 0 spiro atoms. The molecule has 1 heterocycles. The van der Waals surface area contributed by atoms with E-state index in [4.69, 9.17) is 23.8 Å². The van der Waals surface area contributed by atoms with Crippen LogP contribution in [0.5, 0.6) is 0 Å². The predicted molar refractivity (Wildman–Crippen MR) is 83.3 cm³/mol. The summed E-state index contributed by atoms with van der Waals surface area (Å²) in [7, 11) is 0. The van der Waals surface area contributed by atoms with Crippen molar-refractivity contribution in [3.63, 3.8) is 0 Å². The Kier molecular flexibility index (Phi) is 3.94. The van der Waals surface area contributed by atoms with E-state index < -0.39 is 0 Å². The number of aryl methyl sites for hydroxylation is 1. The van der Waals surface area contributed by atoms with Gasteiger partial charge in [-0.05, 0) is 36.7 Å². The summed E-state index contributed by atoms with van der Waals surface area (Å²) in [6.07, 6.45) is 8.21. The average molecular weight is 295 g/mol. The molecular weight excluding hydrogens is 276 g/mol. The van der Waals surface area contributed by atoms with E-state index in [2.05, 4.69) is 15.6 Å². The maximum absolute atomic E-state index is 6.20. The Hall–Kier alpha value is -0.800. The summed E-state index contributed by atoms with van der Waals surface area (Å²) in [6.45, 7) is 1.00. The molecule has 1 saturated carbocycles. The van der Waals surface area contributed by atoms with Gasteiger partial charge in [0.1, 0.15) is 0 Å². The molecule has 0 bridgehead atoms. The molecule has 1 aromatic carbocycles. The first-order valence-electron chi connectivity index (χ1n) is 7.13. The summed E-state index contributed by atoms with van der Waals surface area (Å²) < 4.78 is 2.99. The highest BCUT2D eigenvalue weighted by Crippen LogP contribution is 2.28. The summed E-state index contributed by atoms with van der Waals surface area (Å²) >= 11 is 11.6. The van der Waals surface area contributed by atoms with E-state index in [1.807, 2.05) is 12.1 Å². The Morgan fingerprint density at radius 2 is 2.05 bits per heavy atom. The third-order valence-corrected chi connectivity index (χ3v) is 4.88. The Morgan fingerprint density at radius 3 is 2.84 bits per heavy atom. The molecule has 1 aliphatic carbocycles. The molecule has 0 unspecified atom stereocenters. The average Bonchev–Trinajstić information content (AvgIpc) is 2.75. The molecule has 19 heavy (non-hydrogen) atoms. The second kappa shape index (κ2) is 5.68. The first-order chi connectivity index (χ1) is 9.25. The van der Waals surface area contributed by atoms with Crippen LogP contribution in [0.3, 0.4) is 0 Å². The second-order valence-electron chi connectivity index (χ2n) is 5.51. The first kappa shape index (κ1) is 13.2. The van der Waals surface area contributed by atoms with Gasteiger partial charge < -0.3 is 9.55 Å². The lowest BCUT2D eigenvalue weighted by atomic mass is 9.87. The number of fused-ring (bicyclic) bond motifs is 1. The minimum atomic E-state index is 0.750. The first-order valence-corrected chi connectivity index (χ1v) is 7.91. The molecule has 2 aromatic rings. The number of hydrogen-bond donors (Lipinski definition) is 1. The van der Waals surface area contributed by atoms with Crippen LogP contribution in [0.1, 0.15) is 38.5 Å². The summed E-state index contributed by atoms with van der Waals surface area (Å²) in [6, 6.07) is 5.99. The van der Waals surface area contributed by atoms with Crippen molar-refractivity contribution in [2.24, 2.45) is 5.92 Å². The van der Waals surface area contributed by atoms with E-state index >= 15 is 0 Å². The van der Waals surface area contributed by atoms with Gasteiger partial charge in [-0.25, -0.2) is 0 Å². The molecule has 3 rings (SSSR count). The highest BCUT2D eigenvalue weighted by atomic mass is 35.5. The number of halogens is 1. The van der Waals surface area contributed by atoms with E-state index in [9.17, 15) is 0 Å². The number of imidazole rings is 1. The van der Waals surface area contributed by atoms with Crippen molar-refractivity contribution in [1.29, 1.82) is 0 Å². The van der Waals surface area contributed by atoms with Gasteiger partial charge in [0.15, 0.2) is 4.77 Å². The maximum atomic E-state index is 6.20. The van der Waals surface area contributed by atoms with Crippen LogP contribution in [-0.2, 0) is 6.54 Å². The Balaban J connectivity index is 1.82. The molecule has 1 N–H and O–H groups in total. The van der Waals surface area contributed by atoms with E-state index in [-0.39, 0.29) is 0 Å². The van der Waals surface area contributed by atoms with Gasteiger partial charge >= 0.3 is 0 Å². The van der Waals surface area contributed by atoms with Crippen LogP contribution in [0, 0.1) is 10.7 Å². The zero-order valence-corrected chi connectivity index (χ0v) is 12.6. The van der Waals surface area contributed by atoms with Crippen LogP contribution in [0.25, 0.3) is 11.0 Å². The lowest BCUT2D eigenvalue weighted by Crippen LogP contribution is -2.10. The van der Waals surface area contributed by atoms with E-state index in [1.54, 1.807) is 0 Å². The van der Waals surface area contributed by atoms with Crippen molar-refractivity contribution >= 4 is 34.9 Å². The molecule has 0 saturated heterocycles. The highest BCUT2D eigenvalue weighted by molar-refractivity contribution is 7.71. The fourth-order valence-corrected chi connectivity index (χ4v) is 3.66. The minimum absolute atomic E-state index is 0.750. The van der Waals surface area contributed by atoms with Crippen molar-refractivity contribution in [3.05, 3.63) is 28.0 Å². The van der Waals surface area contributed by atoms with Crippen molar-refractivity contribution in [2.75, 3.05) is 0 Å². The standard InChI is InChI=1S/C15H19ClN2S/c16-12-7-4-8-13-14(12)17-15(19)18(13)10-9-11-5-2-1-3-6-11/h4,7-8,11H,1-3,5-6,9-10H2,(H,17,19). The number of hydrogen-bond acceptors (Lipinski definition) is 1. The van der Waals surface area contributed by atoms with Gasteiger partial charge in [0, 0.05) is 6.54 Å². The van der Waals surface area contributed by atoms with E-state index in [1.165, 1.54) is 38.5 Å². The third-order valence-electron chi connectivity index (χ3n) is 4.25. The van der Waals surface area contributed by atoms with Crippen LogP contribution in [0.2, 0.25) is 5.02 Å². The fourth-order valence-electron chi connectivity index (χ4n) is 3.15. The molecule has 4 heteroatoms. The van der Waals surface area contributed by atoms with Gasteiger partial charge in [-0.3, -0.25) is 0 Å². The lowest BCUT2D eigenvalue weighted by molar-refractivity contribution is 0.325. The topological polar surface area (TPSA) is 20.7 Å². The van der Waals surface area contributed by atoms with Crippen LogP contribution < -0.4 is 0 Å². The molecular formula is C15H19ClN2S. The van der Waals surface area contributed by atoms with Crippen LogP contribution >= 0.6 is 23.8 Å². The normalized spacial score (nSPS) is 17.1. The molecule has 1 aliphatic rings. The number of H-pyrrole nitrogens is 1. The lowest BCUT2D eigenvalue weighted by Gasteiger charge is -2.21. The monoisotopic (exact) mass is 294 g/mol. The Morgan fingerprint density at radius 1 is 1.26 bits per heavy atom. The molecule has 0 atom stereocenters. The van der Waals surface area contributed by atoms with Gasteiger partial charge in [0.2, 0.25) is 0 Å². The van der Waals surface area contributed by atoms with Crippen molar-refractivity contribution in [1.82, 2.24) is 9.55 Å². The zero-order chi connectivity index (χ0) is 13.2. The van der Waals surface area contributed by atoms with Crippen molar-refractivity contribution < 1.29 is 0 Å². The van der Waals surface area contributed by atoms with Crippen LogP contribution in [0.15, 0.2) is 18.2 Å². The summed E-state index contributed by atoms with van der Waals surface area (Å²) in [5, 5.41) is 0.750. The predicted octanol–water partition coefficient (Wildman–Crippen LogP) is 5.32. The molecule has 102 valence electrons. The number of aromatic nitrogens is 2. The van der Waals surface area contributed by atoms with Crippen molar-refractivity contribution in [3.8, 4) is 0 Å². The molecule has 0 amide bonds. The van der Waals surface area contributed by atoms with Gasteiger partial charge in [0.05, 0.1) is 16.1 Å². The van der Waals surface area contributed by atoms with E-state index in [0.717, 1.165) is 33.3 Å². The van der Waals surface area contributed by atoms with E-state index in [0.29, 0.717) is 0 Å². The van der Waals surface area contributed by atoms with Gasteiger partial charge in [-0.15, -0.1) is 0 Å². The van der Waals surface area contributed by atoms with Gasteiger partial charge in [0.25, 0.3) is 0 Å². The number of benzene rings is 1. The van der Waals surface area contributed by atoms with Gasteiger partial charge in [-0.1, -0.05) is 49.8 Å². The molecule has 2 nitrogen and oxygen atoms in total. The summed E-state index contributed by atoms with van der Waals surface area (Å²) in [5.74, 6) is 0.875. The van der Waals surface area contributed by atoms with Crippen LogP contribution in [-0.4, -0.2) is 9.55 Å². The smallest absolute Gasteiger partial charge is 0.178 e. The fraction of sp³-hybridized carbons (Fsp3) is 0.533. The largest absolute Gasteiger partial charge is 0.329 e. The molecule has 0 radical (unpaired) electrons. The summed E-state index contributed by atoms with van der Waals surface area (Å²) in [4.78, 5) is 3.23. The number of nitrogens with one attached hydrogen (secondary N) is 1. The van der Waals surface area contributed by atoms with Crippen LogP contribution in [0.4, 0.5) is 0 Å². The molecule has 0 aliphatic heterocycles. The number of rotatable bonds is 3. The van der Waals surface area contributed by atoms with Crippen molar-refractivity contribution in [2.45, 2.75) is 45.1 Å². The molecule has 1 fully saturated rings. The Labute approximate surface area is 123 Å². The number of aromatic amines is 1. The highest BCUT2D eigenvalue weighted by Gasteiger charge is 2.14. The quantitative estimate of drug-likeness (QED) is 0.760. The second-order valence-corrected chi connectivity index (χ2v) is 6.30. The third kappa shape index (κ3) is 2.72. The minimum Gasteiger partial charge on any atom is -0.329 e. The zero-order valence-electron chi connectivity index (χ0n) is 11.0.